The van der Waals surface area contributed by atoms with Gasteiger partial charge in [-0.3, -0.25) is 0 Å². The molecule has 0 fully saturated rings. The predicted molar refractivity (Wildman–Crippen MR) is 195 cm³/mol. The molecule has 7 heterocycles. The van der Waals surface area contributed by atoms with E-state index in [1.807, 2.05) is 12.1 Å². The minimum absolute atomic E-state index is 0.256. The second kappa shape index (κ2) is 8.32. The highest BCUT2D eigenvalue weighted by molar-refractivity contribution is 6.89. The smallest absolute Gasteiger partial charge is 0.459 e. The third kappa shape index (κ3) is 2.75. The second-order valence-corrected chi connectivity index (χ2v) is 13.2. The molecule has 49 heavy (non-hydrogen) atoms. The lowest BCUT2D eigenvalue weighted by Crippen LogP contribution is -2.57. The number of furan rings is 1. The van der Waals surface area contributed by atoms with E-state index in [0.717, 1.165) is 102 Å². The molecule has 0 saturated heterocycles. The molecule has 0 bridgehead atoms. The SMILES string of the molecule is c1ccc2c(c1)Oc1cccc3c1N2B1c2oc4c(c2-c2ccccc2N13)-c1ccccc1N1B4N2c3ccccc3Oc3cccc1c32. The van der Waals surface area contributed by atoms with E-state index in [2.05, 4.69) is 141 Å². The van der Waals surface area contributed by atoms with Crippen molar-refractivity contribution in [2.24, 2.45) is 0 Å². The number of fused-ring (bicyclic) bond motifs is 21. The monoisotopic (exact) mass is 628 g/mol. The first-order valence-corrected chi connectivity index (χ1v) is 16.7. The van der Waals surface area contributed by atoms with Crippen molar-refractivity contribution in [3.63, 3.8) is 0 Å². The van der Waals surface area contributed by atoms with Crippen molar-refractivity contribution in [3.05, 3.63) is 133 Å². The largest absolute Gasteiger partial charge is 0.474 e. The predicted octanol–water partition coefficient (Wildman–Crippen LogP) is 8.82. The average Bonchev–Trinajstić information content (AvgIpc) is 3.83. The molecular weight excluding hydrogens is 606 g/mol. The van der Waals surface area contributed by atoms with E-state index in [1.165, 1.54) is 0 Å². The van der Waals surface area contributed by atoms with Crippen molar-refractivity contribution in [2.75, 3.05) is 19.2 Å². The molecule has 0 aliphatic carbocycles. The zero-order valence-electron chi connectivity index (χ0n) is 25.9. The Kier molecular flexibility index (Phi) is 4.19. The molecule has 1 aromatic heterocycles. The average molecular weight is 628 g/mol. The maximum atomic E-state index is 7.51. The summed E-state index contributed by atoms with van der Waals surface area (Å²) in [5.41, 5.74) is 15.1. The molecule has 7 nitrogen and oxygen atoms in total. The van der Waals surface area contributed by atoms with Crippen LogP contribution in [0.25, 0.3) is 22.3 Å². The molecule has 9 heteroatoms. The van der Waals surface area contributed by atoms with E-state index < -0.39 is 0 Å². The molecule has 0 N–H and O–H groups in total. The molecule has 7 aromatic rings. The van der Waals surface area contributed by atoms with Gasteiger partial charge in [0.05, 0.1) is 34.1 Å². The number of para-hydroxylation sites is 8. The van der Waals surface area contributed by atoms with Gasteiger partial charge < -0.3 is 33.1 Å². The van der Waals surface area contributed by atoms with Gasteiger partial charge in [0.15, 0.2) is 11.5 Å². The molecule has 6 aliphatic heterocycles. The molecule has 0 atom stereocenters. The van der Waals surface area contributed by atoms with Crippen LogP contribution in [0.3, 0.4) is 0 Å². The Hall–Kier alpha value is -6.47. The standard InChI is InChI=1S/C40H22B2N4O3/c1-3-13-25-23(11-1)35-36-24-12-2-4-14-26(24)44-30-18-10-22-34-38(30)46(28-16-6-8-20-32(28)48-34)42(44)40(36)49-39(35)41-43(25)29-17-9-21-33-37(29)45(41)27-15-5-7-19-31(27)47-33/h1-22H. The Morgan fingerprint density at radius 2 is 0.735 bits per heavy atom. The lowest BCUT2D eigenvalue weighted by Gasteiger charge is -2.36. The molecule has 0 unspecified atom stereocenters. The zero-order valence-corrected chi connectivity index (χ0v) is 25.9. The number of hydrogen-bond donors (Lipinski definition) is 0. The van der Waals surface area contributed by atoms with Gasteiger partial charge in [0, 0.05) is 33.6 Å². The summed E-state index contributed by atoms with van der Waals surface area (Å²) in [6.07, 6.45) is 0. The summed E-state index contributed by atoms with van der Waals surface area (Å²) in [6.45, 7) is -0.512. The van der Waals surface area contributed by atoms with E-state index in [-0.39, 0.29) is 14.0 Å². The summed E-state index contributed by atoms with van der Waals surface area (Å²) in [4.78, 5) is 9.71. The van der Waals surface area contributed by atoms with E-state index in [4.69, 9.17) is 13.9 Å². The van der Waals surface area contributed by atoms with Crippen molar-refractivity contribution < 1.29 is 13.9 Å². The highest BCUT2D eigenvalue weighted by atomic mass is 16.5. The highest BCUT2D eigenvalue weighted by Crippen LogP contribution is 2.62. The lowest BCUT2D eigenvalue weighted by molar-refractivity contribution is 0.478. The number of benzene rings is 6. The first-order valence-electron chi connectivity index (χ1n) is 16.7. The van der Waals surface area contributed by atoms with Crippen LogP contribution in [0.4, 0.5) is 45.5 Å². The molecule has 0 spiro atoms. The van der Waals surface area contributed by atoms with E-state index >= 15 is 0 Å². The van der Waals surface area contributed by atoms with E-state index in [0.29, 0.717) is 0 Å². The maximum absolute atomic E-state index is 7.51. The molecular formula is C40H22B2N4O3. The number of anilines is 8. The van der Waals surface area contributed by atoms with Crippen molar-refractivity contribution >= 4 is 70.8 Å². The van der Waals surface area contributed by atoms with Gasteiger partial charge in [0.25, 0.3) is 0 Å². The van der Waals surface area contributed by atoms with Gasteiger partial charge in [-0.15, -0.1) is 0 Å². The molecule has 0 saturated carbocycles. The molecule has 6 aliphatic rings. The summed E-state index contributed by atoms with van der Waals surface area (Å²) < 4.78 is 20.6. The van der Waals surface area contributed by atoms with Crippen LogP contribution in [0.15, 0.2) is 138 Å². The fraction of sp³-hybridized carbons (Fsp3) is 0. The highest BCUT2D eigenvalue weighted by Gasteiger charge is 2.59. The van der Waals surface area contributed by atoms with Crippen LogP contribution in [0.1, 0.15) is 0 Å². The fourth-order valence-electron chi connectivity index (χ4n) is 9.17. The maximum Gasteiger partial charge on any atom is 0.459 e. The van der Waals surface area contributed by atoms with Crippen LogP contribution >= 0.6 is 0 Å². The fourth-order valence-corrected chi connectivity index (χ4v) is 9.17. The second-order valence-electron chi connectivity index (χ2n) is 13.2. The minimum Gasteiger partial charge on any atom is -0.474 e. The lowest BCUT2D eigenvalue weighted by atomic mass is 9.60. The third-order valence-electron chi connectivity index (χ3n) is 10.9. The van der Waals surface area contributed by atoms with Gasteiger partial charge in [0.1, 0.15) is 22.8 Å². The Balaban J connectivity index is 1.15. The third-order valence-corrected chi connectivity index (χ3v) is 10.9. The van der Waals surface area contributed by atoms with Crippen LogP contribution in [0, 0.1) is 0 Å². The van der Waals surface area contributed by atoms with Gasteiger partial charge in [0.2, 0.25) is 0 Å². The molecule has 0 radical (unpaired) electrons. The number of hydrogen-bond acceptors (Lipinski definition) is 7. The summed E-state index contributed by atoms with van der Waals surface area (Å²) in [6, 6.07) is 46.9. The first kappa shape index (κ1) is 24.7. The van der Waals surface area contributed by atoms with Crippen LogP contribution in [-0.4, -0.2) is 14.0 Å². The van der Waals surface area contributed by atoms with E-state index in [9.17, 15) is 0 Å². The Morgan fingerprint density at radius 3 is 1.22 bits per heavy atom. The van der Waals surface area contributed by atoms with Crippen molar-refractivity contribution in [1.29, 1.82) is 0 Å². The summed E-state index contributed by atoms with van der Waals surface area (Å²) in [7, 11) is 0. The molecule has 0 amide bonds. The zero-order chi connectivity index (χ0) is 31.5. The number of rotatable bonds is 0. The van der Waals surface area contributed by atoms with Crippen LogP contribution in [0.5, 0.6) is 23.0 Å². The van der Waals surface area contributed by atoms with Gasteiger partial charge in [-0.1, -0.05) is 72.8 Å². The van der Waals surface area contributed by atoms with Crippen LogP contribution in [-0.2, 0) is 0 Å². The summed E-state index contributed by atoms with van der Waals surface area (Å²) >= 11 is 0. The Morgan fingerprint density at radius 1 is 0.347 bits per heavy atom. The number of nitrogens with zero attached hydrogens (tertiary/aromatic N) is 4. The van der Waals surface area contributed by atoms with Crippen molar-refractivity contribution in [1.82, 2.24) is 0 Å². The van der Waals surface area contributed by atoms with Gasteiger partial charge in [-0.05, 0) is 60.7 Å². The Labute approximate surface area is 282 Å². The normalized spacial score (nSPS) is 15.4. The minimum atomic E-state index is -0.256. The van der Waals surface area contributed by atoms with E-state index in [1.54, 1.807) is 0 Å². The molecule has 226 valence electrons. The van der Waals surface area contributed by atoms with Gasteiger partial charge in [-0.25, -0.2) is 0 Å². The molecule has 13 rings (SSSR count). The first-order chi connectivity index (χ1) is 24.3. The van der Waals surface area contributed by atoms with Gasteiger partial charge >= 0.3 is 14.0 Å². The van der Waals surface area contributed by atoms with Crippen molar-refractivity contribution in [3.8, 4) is 45.3 Å². The van der Waals surface area contributed by atoms with Crippen LogP contribution in [0.2, 0.25) is 0 Å². The quantitative estimate of drug-likeness (QED) is 0.156. The van der Waals surface area contributed by atoms with Crippen LogP contribution < -0.4 is 40.0 Å². The summed E-state index contributed by atoms with van der Waals surface area (Å²) in [5.74, 6) is 3.37. The number of ether oxygens (including phenoxy) is 2. The topological polar surface area (TPSA) is 44.6 Å². The molecule has 6 aromatic carbocycles. The Bertz CT molecular complexity index is 2480. The van der Waals surface area contributed by atoms with Crippen molar-refractivity contribution in [2.45, 2.75) is 0 Å². The van der Waals surface area contributed by atoms with Gasteiger partial charge in [-0.2, -0.15) is 0 Å². The summed E-state index contributed by atoms with van der Waals surface area (Å²) in [5, 5.41) is 0.